The van der Waals surface area contributed by atoms with Gasteiger partial charge in [0.15, 0.2) is 17.5 Å². The van der Waals surface area contributed by atoms with E-state index in [9.17, 15) is 18.0 Å². The minimum atomic E-state index is -1.62. The average molecular weight is 298 g/mol. The molecule has 0 saturated heterocycles. The highest BCUT2D eigenvalue weighted by Crippen LogP contribution is 2.19. The zero-order valence-corrected chi connectivity index (χ0v) is 11.1. The van der Waals surface area contributed by atoms with Crippen LogP contribution in [-0.2, 0) is 11.3 Å². The van der Waals surface area contributed by atoms with Crippen molar-refractivity contribution >= 4 is 11.6 Å². The Bertz CT molecular complexity index is 629. The Labute approximate surface area is 119 Å². The van der Waals surface area contributed by atoms with E-state index in [-0.39, 0.29) is 0 Å². The van der Waals surface area contributed by atoms with Crippen LogP contribution in [0.5, 0.6) is 0 Å². The first-order chi connectivity index (χ1) is 9.99. The summed E-state index contributed by atoms with van der Waals surface area (Å²) in [6.07, 6.45) is 1.50. The third-order valence-corrected chi connectivity index (χ3v) is 2.85. The van der Waals surface area contributed by atoms with Crippen molar-refractivity contribution in [2.75, 3.05) is 5.32 Å². The molecule has 112 valence electrons. The summed E-state index contributed by atoms with van der Waals surface area (Å²) in [5.41, 5.74) is -0.412. The van der Waals surface area contributed by atoms with E-state index in [1.54, 1.807) is 19.1 Å². The average Bonchev–Trinajstić information content (AvgIpc) is 2.98. The molecule has 0 fully saturated rings. The molecule has 1 heterocycles. The van der Waals surface area contributed by atoms with Crippen molar-refractivity contribution in [1.29, 1.82) is 0 Å². The fourth-order valence-corrected chi connectivity index (χ4v) is 1.62. The number of hydrogen-bond donors (Lipinski definition) is 2. The molecule has 0 radical (unpaired) electrons. The number of benzene rings is 1. The molecule has 0 aliphatic carbocycles. The van der Waals surface area contributed by atoms with Crippen LogP contribution >= 0.6 is 0 Å². The first-order valence-corrected chi connectivity index (χ1v) is 6.19. The number of carbonyl (C=O) groups is 1. The lowest BCUT2D eigenvalue weighted by Gasteiger charge is -2.14. The third-order valence-electron chi connectivity index (χ3n) is 2.85. The van der Waals surface area contributed by atoms with E-state index in [4.69, 9.17) is 4.42 Å². The molecule has 0 aliphatic heterocycles. The van der Waals surface area contributed by atoms with Gasteiger partial charge >= 0.3 is 0 Å². The fraction of sp³-hybridized carbons (Fsp3) is 0.214. The molecule has 2 rings (SSSR count). The zero-order chi connectivity index (χ0) is 15.4. The van der Waals surface area contributed by atoms with E-state index in [0.717, 1.165) is 12.1 Å². The van der Waals surface area contributed by atoms with E-state index in [0.29, 0.717) is 12.3 Å². The van der Waals surface area contributed by atoms with Crippen molar-refractivity contribution in [2.45, 2.75) is 19.5 Å². The molecule has 0 saturated carbocycles. The highest BCUT2D eigenvalue weighted by atomic mass is 19.2. The van der Waals surface area contributed by atoms with Gasteiger partial charge < -0.3 is 9.73 Å². The maximum atomic E-state index is 13.4. The van der Waals surface area contributed by atoms with Crippen LogP contribution in [0.1, 0.15) is 12.7 Å². The van der Waals surface area contributed by atoms with Gasteiger partial charge in [0.1, 0.15) is 5.76 Å². The number of furan rings is 1. The summed E-state index contributed by atoms with van der Waals surface area (Å²) in [6.45, 7) is 1.86. The van der Waals surface area contributed by atoms with E-state index < -0.39 is 35.1 Å². The SMILES string of the molecule is C[C@@H](NCc1ccco1)C(=O)Nc1ccc(F)c(F)c1F. The number of carbonyl (C=O) groups excluding carboxylic acids is 1. The van der Waals surface area contributed by atoms with Crippen LogP contribution in [0.2, 0.25) is 0 Å². The maximum absolute atomic E-state index is 13.4. The third kappa shape index (κ3) is 3.63. The number of halogens is 3. The normalized spacial score (nSPS) is 12.2. The van der Waals surface area contributed by atoms with Crippen molar-refractivity contribution in [2.24, 2.45) is 0 Å². The first kappa shape index (κ1) is 15.1. The van der Waals surface area contributed by atoms with Gasteiger partial charge in [-0.15, -0.1) is 0 Å². The fourth-order valence-electron chi connectivity index (χ4n) is 1.62. The Morgan fingerprint density at radius 2 is 2.00 bits per heavy atom. The Morgan fingerprint density at radius 3 is 2.67 bits per heavy atom. The number of rotatable bonds is 5. The van der Waals surface area contributed by atoms with Gasteiger partial charge in [-0.3, -0.25) is 10.1 Å². The van der Waals surface area contributed by atoms with Crippen molar-refractivity contribution in [3.63, 3.8) is 0 Å². The molecule has 1 aromatic carbocycles. The number of anilines is 1. The lowest BCUT2D eigenvalue weighted by Crippen LogP contribution is -2.37. The molecule has 0 bridgehead atoms. The van der Waals surface area contributed by atoms with Crippen molar-refractivity contribution < 1.29 is 22.4 Å². The second-order valence-corrected chi connectivity index (χ2v) is 4.39. The smallest absolute Gasteiger partial charge is 0.241 e. The molecule has 0 aliphatic rings. The number of hydrogen-bond acceptors (Lipinski definition) is 3. The van der Waals surface area contributed by atoms with Gasteiger partial charge in [-0.25, -0.2) is 13.2 Å². The first-order valence-electron chi connectivity index (χ1n) is 6.19. The molecule has 1 aromatic heterocycles. The molecular formula is C14H13F3N2O2. The Balaban J connectivity index is 1.96. The highest BCUT2D eigenvalue weighted by molar-refractivity contribution is 5.94. The largest absolute Gasteiger partial charge is 0.468 e. The van der Waals surface area contributed by atoms with Crippen LogP contribution in [0.3, 0.4) is 0 Å². The van der Waals surface area contributed by atoms with Gasteiger partial charge in [-0.1, -0.05) is 0 Å². The quantitative estimate of drug-likeness (QED) is 0.835. The van der Waals surface area contributed by atoms with Gasteiger partial charge in [0.05, 0.1) is 24.5 Å². The van der Waals surface area contributed by atoms with Gasteiger partial charge in [-0.2, -0.15) is 0 Å². The predicted molar refractivity (Wildman–Crippen MR) is 70.0 cm³/mol. The van der Waals surface area contributed by atoms with Crippen molar-refractivity contribution in [3.8, 4) is 0 Å². The van der Waals surface area contributed by atoms with Crippen LogP contribution < -0.4 is 10.6 Å². The molecule has 2 aromatic rings. The maximum Gasteiger partial charge on any atom is 0.241 e. The molecule has 21 heavy (non-hydrogen) atoms. The van der Waals surface area contributed by atoms with Gasteiger partial charge in [0.25, 0.3) is 0 Å². The summed E-state index contributed by atoms with van der Waals surface area (Å²) < 4.78 is 44.3. The second kappa shape index (κ2) is 6.45. The van der Waals surface area contributed by atoms with Gasteiger partial charge in [0, 0.05) is 0 Å². The van der Waals surface area contributed by atoms with Gasteiger partial charge in [-0.05, 0) is 31.2 Å². The molecular weight excluding hydrogens is 285 g/mol. The Kier molecular flexibility index (Phi) is 4.64. The number of amides is 1. The minimum absolute atomic E-state index is 0.307. The summed E-state index contributed by atoms with van der Waals surface area (Å²) in [7, 11) is 0. The van der Waals surface area contributed by atoms with Crippen molar-refractivity contribution in [1.82, 2.24) is 5.32 Å². The summed E-state index contributed by atoms with van der Waals surface area (Å²) in [5, 5.41) is 5.05. The monoisotopic (exact) mass is 298 g/mol. The lowest BCUT2D eigenvalue weighted by atomic mass is 10.2. The number of nitrogens with one attached hydrogen (secondary N) is 2. The molecule has 4 nitrogen and oxygen atoms in total. The van der Waals surface area contributed by atoms with E-state index in [1.165, 1.54) is 6.26 Å². The van der Waals surface area contributed by atoms with Crippen LogP contribution in [0.4, 0.5) is 18.9 Å². The summed E-state index contributed by atoms with van der Waals surface area (Å²) in [5.74, 6) is -4.31. The van der Waals surface area contributed by atoms with Crippen molar-refractivity contribution in [3.05, 3.63) is 53.7 Å². The zero-order valence-electron chi connectivity index (χ0n) is 11.1. The lowest BCUT2D eigenvalue weighted by molar-refractivity contribution is -0.117. The van der Waals surface area contributed by atoms with E-state index >= 15 is 0 Å². The van der Waals surface area contributed by atoms with Crippen LogP contribution in [0.15, 0.2) is 34.9 Å². The topological polar surface area (TPSA) is 54.3 Å². The summed E-state index contributed by atoms with van der Waals surface area (Å²) >= 11 is 0. The van der Waals surface area contributed by atoms with E-state index in [1.807, 2.05) is 0 Å². The standard InChI is InChI=1S/C14H13F3N2O2/c1-8(18-7-9-3-2-6-21-9)14(20)19-11-5-4-10(15)12(16)13(11)17/h2-6,8,18H,7H2,1H3,(H,19,20)/t8-/m1/s1. The molecule has 1 amide bonds. The summed E-state index contributed by atoms with van der Waals surface area (Å²) in [6, 6.07) is 4.47. The second-order valence-electron chi connectivity index (χ2n) is 4.39. The predicted octanol–water partition coefficient (Wildman–Crippen LogP) is 2.81. The molecule has 1 atom stereocenters. The van der Waals surface area contributed by atoms with Crippen LogP contribution in [0, 0.1) is 17.5 Å². The van der Waals surface area contributed by atoms with Crippen LogP contribution in [0.25, 0.3) is 0 Å². The Morgan fingerprint density at radius 1 is 1.24 bits per heavy atom. The highest BCUT2D eigenvalue weighted by Gasteiger charge is 2.18. The molecule has 7 heteroatoms. The molecule has 0 unspecified atom stereocenters. The van der Waals surface area contributed by atoms with Crippen LogP contribution in [-0.4, -0.2) is 11.9 Å². The van der Waals surface area contributed by atoms with Gasteiger partial charge in [0.2, 0.25) is 5.91 Å². The Hall–Kier alpha value is -2.28. The summed E-state index contributed by atoms with van der Waals surface area (Å²) in [4.78, 5) is 11.8. The molecule has 0 spiro atoms. The van der Waals surface area contributed by atoms with E-state index in [2.05, 4.69) is 10.6 Å². The minimum Gasteiger partial charge on any atom is -0.468 e. The molecule has 2 N–H and O–H groups in total.